The first-order chi connectivity index (χ1) is 9.82. The second kappa shape index (κ2) is 5.99. The van der Waals surface area contributed by atoms with Crippen LogP contribution in [0.15, 0.2) is 29.5 Å². The van der Waals surface area contributed by atoms with Crippen LogP contribution in [-0.2, 0) is 4.79 Å². The molecule has 0 aromatic heterocycles. The molecule has 0 radical (unpaired) electrons. The molecule has 1 aliphatic heterocycles. The topological polar surface area (TPSA) is 44.4 Å². The molecule has 4 nitrogen and oxygen atoms in total. The summed E-state index contributed by atoms with van der Waals surface area (Å²) in [6.07, 6.45) is 0. The first-order valence-electron chi connectivity index (χ1n) is 6.26. The molecule has 1 aromatic carbocycles. The van der Waals surface area contributed by atoms with E-state index in [0.717, 1.165) is 0 Å². The minimum Gasteiger partial charge on any atom is -0.351 e. The van der Waals surface area contributed by atoms with Crippen molar-refractivity contribution in [3.05, 3.63) is 45.9 Å². The Bertz CT molecular complexity index is 625. The molecule has 7 heteroatoms. The minimum atomic E-state index is -0.720. The lowest BCUT2D eigenvalue weighted by molar-refractivity contribution is -0.125. The zero-order valence-electron chi connectivity index (χ0n) is 11.8. The first-order valence-corrected chi connectivity index (χ1v) is 7.05. The molecule has 1 heterocycles. The highest BCUT2D eigenvalue weighted by Crippen LogP contribution is 2.33. The summed E-state index contributed by atoms with van der Waals surface area (Å²) in [6, 6.07) is 3.69. The van der Waals surface area contributed by atoms with Crippen molar-refractivity contribution >= 4 is 34.8 Å². The number of nitrogens with zero attached hydrogens (tertiary/aromatic N) is 1. The second-order valence-electron chi connectivity index (χ2n) is 4.91. The molecule has 2 N–H and O–H groups in total. The van der Waals surface area contributed by atoms with Gasteiger partial charge in [-0.2, -0.15) is 0 Å². The minimum absolute atomic E-state index is 0.215. The Hall–Kier alpha value is -1.66. The molecule has 1 atom stereocenters. The van der Waals surface area contributed by atoms with Crippen LogP contribution in [0.4, 0.5) is 4.39 Å². The highest BCUT2D eigenvalue weighted by atomic mass is 35.5. The standard InChI is InChI=1S/C14H15ClFN3OS/c1-7-10(13(20)19(2)3)12(18-14(21)17-7)11-8(15)5-4-6-9(11)16/h4-6,12H,1-3H3,(H2,17,18,21)/t12-/m1/s1. The number of amides is 1. The fraction of sp³-hybridized carbons (Fsp3) is 0.286. The van der Waals surface area contributed by atoms with Crippen LogP contribution in [0.1, 0.15) is 18.5 Å². The van der Waals surface area contributed by atoms with Crippen molar-refractivity contribution < 1.29 is 9.18 Å². The molecule has 0 spiro atoms. The fourth-order valence-corrected chi connectivity index (χ4v) is 2.76. The van der Waals surface area contributed by atoms with Gasteiger partial charge in [0, 0.05) is 30.4 Å². The predicted molar refractivity (Wildman–Crippen MR) is 84.4 cm³/mol. The Morgan fingerprint density at radius 2 is 2.10 bits per heavy atom. The Kier molecular flexibility index (Phi) is 4.49. The number of benzene rings is 1. The van der Waals surface area contributed by atoms with Gasteiger partial charge in [-0.1, -0.05) is 17.7 Å². The number of allylic oxidation sites excluding steroid dienone is 1. The van der Waals surface area contributed by atoms with E-state index in [4.69, 9.17) is 23.8 Å². The van der Waals surface area contributed by atoms with Crippen molar-refractivity contribution in [2.24, 2.45) is 0 Å². The van der Waals surface area contributed by atoms with E-state index in [9.17, 15) is 9.18 Å². The van der Waals surface area contributed by atoms with Gasteiger partial charge in [-0.05, 0) is 31.3 Å². The normalized spacial score (nSPS) is 18.1. The van der Waals surface area contributed by atoms with Gasteiger partial charge in [0.15, 0.2) is 5.11 Å². The third-order valence-corrected chi connectivity index (χ3v) is 3.74. The van der Waals surface area contributed by atoms with Crippen LogP contribution >= 0.6 is 23.8 Å². The first kappa shape index (κ1) is 15.7. The van der Waals surface area contributed by atoms with Crippen LogP contribution in [0.2, 0.25) is 5.02 Å². The van der Waals surface area contributed by atoms with Gasteiger partial charge in [0.2, 0.25) is 0 Å². The number of nitrogens with one attached hydrogen (secondary N) is 2. The zero-order valence-corrected chi connectivity index (χ0v) is 13.4. The Morgan fingerprint density at radius 3 is 2.67 bits per heavy atom. The fourth-order valence-electron chi connectivity index (χ4n) is 2.22. The second-order valence-corrected chi connectivity index (χ2v) is 5.72. The summed E-state index contributed by atoms with van der Waals surface area (Å²) in [5, 5.41) is 6.38. The number of rotatable bonds is 2. The third-order valence-electron chi connectivity index (χ3n) is 3.19. The van der Waals surface area contributed by atoms with Crippen LogP contribution in [0.3, 0.4) is 0 Å². The number of carbonyl (C=O) groups excluding carboxylic acids is 1. The van der Waals surface area contributed by atoms with Crippen molar-refractivity contribution in [2.75, 3.05) is 14.1 Å². The Labute approximate surface area is 133 Å². The van der Waals surface area contributed by atoms with Gasteiger partial charge in [0.1, 0.15) is 5.82 Å². The van der Waals surface area contributed by atoms with Gasteiger partial charge in [-0.15, -0.1) is 0 Å². The number of hydrogen-bond acceptors (Lipinski definition) is 2. The lowest BCUT2D eigenvalue weighted by atomic mass is 9.94. The Balaban J connectivity index is 2.61. The number of carbonyl (C=O) groups is 1. The maximum Gasteiger partial charge on any atom is 0.253 e. The van der Waals surface area contributed by atoms with E-state index in [1.54, 1.807) is 27.1 Å². The average Bonchev–Trinajstić information content (AvgIpc) is 2.37. The summed E-state index contributed by atoms with van der Waals surface area (Å²) in [7, 11) is 3.27. The molecule has 21 heavy (non-hydrogen) atoms. The Morgan fingerprint density at radius 1 is 1.43 bits per heavy atom. The molecule has 0 fully saturated rings. The van der Waals surface area contributed by atoms with Crippen molar-refractivity contribution in [3.8, 4) is 0 Å². The maximum atomic E-state index is 14.2. The number of hydrogen-bond donors (Lipinski definition) is 2. The molecule has 0 bridgehead atoms. The third kappa shape index (κ3) is 3.01. The van der Waals surface area contributed by atoms with E-state index in [2.05, 4.69) is 10.6 Å². The smallest absolute Gasteiger partial charge is 0.253 e. The molecular formula is C14H15ClFN3OS. The number of thiocarbonyl (C=S) groups is 1. The van der Waals surface area contributed by atoms with Crippen molar-refractivity contribution in [1.29, 1.82) is 0 Å². The molecule has 112 valence electrons. The zero-order chi connectivity index (χ0) is 15.7. The maximum absolute atomic E-state index is 14.2. The van der Waals surface area contributed by atoms with Crippen LogP contribution in [0.5, 0.6) is 0 Å². The van der Waals surface area contributed by atoms with E-state index in [1.165, 1.54) is 17.0 Å². The average molecular weight is 328 g/mol. The van der Waals surface area contributed by atoms with Crippen molar-refractivity contribution in [2.45, 2.75) is 13.0 Å². The van der Waals surface area contributed by atoms with Gasteiger partial charge < -0.3 is 15.5 Å². The summed E-state index contributed by atoms with van der Waals surface area (Å²) in [6.45, 7) is 1.73. The monoisotopic (exact) mass is 327 g/mol. The summed E-state index contributed by atoms with van der Waals surface area (Å²) in [5.41, 5.74) is 1.19. The summed E-state index contributed by atoms with van der Waals surface area (Å²) in [4.78, 5) is 13.8. The van der Waals surface area contributed by atoms with E-state index >= 15 is 0 Å². The lowest BCUT2D eigenvalue weighted by Gasteiger charge is -2.32. The largest absolute Gasteiger partial charge is 0.351 e. The van der Waals surface area contributed by atoms with Crippen LogP contribution in [0, 0.1) is 5.82 Å². The number of likely N-dealkylation sites (N-methyl/N-ethyl adjacent to an activating group) is 1. The highest BCUT2D eigenvalue weighted by molar-refractivity contribution is 7.80. The van der Waals surface area contributed by atoms with Crippen LogP contribution in [0.25, 0.3) is 0 Å². The van der Waals surface area contributed by atoms with E-state index in [0.29, 0.717) is 16.4 Å². The van der Waals surface area contributed by atoms with Crippen molar-refractivity contribution in [3.63, 3.8) is 0 Å². The summed E-state index contributed by atoms with van der Waals surface area (Å²) in [5.74, 6) is -0.721. The molecule has 0 aliphatic carbocycles. The van der Waals surface area contributed by atoms with E-state index in [1.807, 2.05) is 0 Å². The molecular weight excluding hydrogens is 313 g/mol. The van der Waals surface area contributed by atoms with E-state index in [-0.39, 0.29) is 16.5 Å². The summed E-state index contributed by atoms with van der Waals surface area (Å²) >= 11 is 11.2. The van der Waals surface area contributed by atoms with Gasteiger partial charge >= 0.3 is 0 Å². The number of halogens is 2. The lowest BCUT2D eigenvalue weighted by Crippen LogP contribution is -2.47. The molecule has 0 unspecified atom stereocenters. The van der Waals surface area contributed by atoms with Crippen LogP contribution < -0.4 is 10.6 Å². The SMILES string of the molecule is CC1=C(C(=O)N(C)C)[C@H](c2c(F)cccc2Cl)NC(=S)N1. The molecule has 1 amide bonds. The predicted octanol–water partition coefficient (Wildman–Crippen LogP) is 2.36. The van der Waals surface area contributed by atoms with E-state index < -0.39 is 11.9 Å². The van der Waals surface area contributed by atoms with Crippen molar-refractivity contribution in [1.82, 2.24) is 15.5 Å². The molecule has 2 rings (SSSR count). The van der Waals surface area contributed by atoms with Gasteiger partial charge in [-0.3, -0.25) is 4.79 Å². The molecule has 0 saturated heterocycles. The van der Waals surface area contributed by atoms with Gasteiger partial charge in [-0.25, -0.2) is 4.39 Å². The quantitative estimate of drug-likeness (QED) is 0.819. The van der Waals surface area contributed by atoms with Gasteiger partial charge in [0.25, 0.3) is 5.91 Å². The summed E-state index contributed by atoms with van der Waals surface area (Å²) < 4.78 is 14.2. The molecule has 1 aromatic rings. The van der Waals surface area contributed by atoms with Gasteiger partial charge in [0.05, 0.1) is 11.6 Å². The highest BCUT2D eigenvalue weighted by Gasteiger charge is 2.33. The molecule has 0 saturated carbocycles. The van der Waals surface area contributed by atoms with Crippen LogP contribution in [-0.4, -0.2) is 30.0 Å². The molecule has 1 aliphatic rings.